The van der Waals surface area contributed by atoms with Gasteiger partial charge in [0.2, 0.25) is 5.91 Å². The number of carbonyl (C=O) groups is 1. The van der Waals surface area contributed by atoms with Gasteiger partial charge in [-0.2, -0.15) is 0 Å². The molecule has 0 saturated heterocycles. The van der Waals surface area contributed by atoms with Crippen molar-refractivity contribution in [1.82, 2.24) is 5.32 Å². The second-order valence-corrected chi connectivity index (χ2v) is 5.81. The number of amides is 1. The number of nitrogens with one attached hydrogen (secondary N) is 2. The monoisotopic (exact) mass is 294 g/mol. The van der Waals surface area contributed by atoms with Crippen molar-refractivity contribution in [3.63, 3.8) is 0 Å². The highest BCUT2D eigenvalue weighted by Gasteiger charge is 2.26. The summed E-state index contributed by atoms with van der Waals surface area (Å²) in [5.41, 5.74) is 2.36. The van der Waals surface area contributed by atoms with Crippen molar-refractivity contribution in [2.45, 2.75) is 44.6 Å². The molecule has 1 aromatic carbocycles. The number of hydrogen-bond donors (Lipinski definition) is 2. The first-order chi connectivity index (χ1) is 9.33. The Kier molecular flexibility index (Phi) is 5.30. The second-order valence-electron chi connectivity index (χ2n) is 5.81. The van der Waals surface area contributed by atoms with Crippen LogP contribution in [0.4, 0.5) is 5.69 Å². The summed E-state index contributed by atoms with van der Waals surface area (Å²) in [6.07, 6.45) is 7.38. The van der Waals surface area contributed by atoms with Gasteiger partial charge in [-0.1, -0.05) is 37.5 Å². The molecule has 1 aliphatic heterocycles. The molecular weight excluding hydrogens is 272 g/mol. The van der Waals surface area contributed by atoms with E-state index in [1.165, 1.54) is 37.7 Å². The number of hydrogen-bond acceptors (Lipinski definition) is 2. The van der Waals surface area contributed by atoms with Gasteiger partial charge >= 0.3 is 0 Å². The third kappa shape index (κ3) is 3.45. The van der Waals surface area contributed by atoms with Crippen LogP contribution in [0.15, 0.2) is 24.3 Å². The number of para-hydroxylation sites is 1. The highest BCUT2D eigenvalue weighted by Crippen LogP contribution is 2.26. The van der Waals surface area contributed by atoms with Crippen molar-refractivity contribution in [3.05, 3.63) is 29.8 Å². The van der Waals surface area contributed by atoms with E-state index < -0.39 is 0 Å². The Morgan fingerprint density at radius 1 is 1.20 bits per heavy atom. The zero-order valence-electron chi connectivity index (χ0n) is 11.7. The Labute approximate surface area is 126 Å². The van der Waals surface area contributed by atoms with Gasteiger partial charge in [-0.05, 0) is 30.4 Å². The molecule has 110 valence electrons. The molecule has 0 aromatic heterocycles. The van der Waals surface area contributed by atoms with E-state index in [9.17, 15) is 4.79 Å². The fraction of sp³-hybridized carbons (Fsp3) is 0.562. The molecule has 1 unspecified atom stereocenters. The van der Waals surface area contributed by atoms with Gasteiger partial charge < -0.3 is 10.6 Å². The van der Waals surface area contributed by atoms with Gasteiger partial charge in [-0.3, -0.25) is 4.79 Å². The standard InChI is InChI=1S/C16H22N2O.ClH/c19-16(17-11-12-6-2-1-3-7-12)15-10-13-8-4-5-9-14(13)18-15;/h4-5,8-9,12,15,18H,1-3,6-7,10-11H2,(H,17,19);1H. The van der Waals surface area contributed by atoms with Crippen molar-refractivity contribution in [3.8, 4) is 0 Å². The van der Waals surface area contributed by atoms with Crippen molar-refractivity contribution < 1.29 is 4.79 Å². The van der Waals surface area contributed by atoms with Gasteiger partial charge in [0.05, 0.1) is 0 Å². The predicted molar refractivity (Wildman–Crippen MR) is 84.4 cm³/mol. The van der Waals surface area contributed by atoms with Crippen LogP contribution in [0.5, 0.6) is 0 Å². The maximum atomic E-state index is 12.2. The highest BCUT2D eigenvalue weighted by molar-refractivity contribution is 5.87. The van der Waals surface area contributed by atoms with E-state index in [-0.39, 0.29) is 24.4 Å². The third-order valence-corrected chi connectivity index (χ3v) is 4.38. The maximum absolute atomic E-state index is 12.2. The number of fused-ring (bicyclic) bond motifs is 1. The predicted octanol–water partition coefficient (Wildman–Crippen LogP) is 3.14. The molecule has 0 radical (unpaired) electrons. The summed E-state index contributed by atoms with van der Waals surface area (Å²) in [4.78, 5) is 12.2. The summed E-state index contributed by atoms with van der Waals surface area (Å²) in [7, 11) is 0. The fourth-order valence-electron chi connectivity index (χ4n) is 3.22. The molecule has 4 heteroatoms. The van der Waals surface area contributed by atoms with Crippen LogP contribution in [-0.2, 0) is 11.2 Å². The van der Waals surface area contributed by atoms with E-state index in [1.807, 2.05) is 18.2 Å². The number of rotatable bonds is 3. The first kappa shape index (κ1) is 15.2. The smallest absolute Gasteiger partial charge is 0.242 e. The molecule has 1 heterocycles. The summed E-state index contributed by atoms with van der Waals surface area (Å²) >= 11 is 0. The average molecular weight is 295 g/mol. The van der Waals surface area contributed by atoms with Crippen LogP contribution in [0.1, 0.15) is 37.7 Å². The molecule has 20 heavy (non-hydrogen) atoms. The molecule has 0 bridgehead atoms. The SMILES string of the molecule is Cl.O=C(NCC1CCCCC1)C1Cc2ccccc2N1. The summed E-state index contributed by atoms with van der Waals surface area (Å²) in [5.74, 6) is 0.850. The minimum Gasteiger partial charge on any atom is -0.373 e. The second kappa shape index (κ2) is 6.98. The molecule has 1 fully saturated rings. The Hall–Kier alpha value is -1.22. The zero-order valence-corrected chi connectivity index (χ0v) is 12.5. The van der Waals surface area contributed by atoms with E-state index in [4.69, 9.17) is 0 Å². The number of carbonyl (C=O) groups excluding carboxylic acids is 1. The van der Waals surface area contributed by atoms with Crippen LogP contribution in [0.3, 0.4) is 0 Å². The zero-order chi connectivity index (χ0) is 13.1. The highest BCUT2D eigenvalue weighted by atomic mass is 35.5. The lowest BCUT2D eigenvalue weighted by Gasteiger charge is -2.22. The summed E-state index contributed by atoms with van der Waals surface area (Å²) in [6.45, 7) is 0.855. The first-order valence-electron chi connectivity index (χ1n) is 7.45. The van der Waals surface area contributed by atoms with Crippen LogP contribution < -0.4 is 10.6 Å². The van der Waals surface area contributed by atoms with Gasteiger partial charge in [0.15, 0.2) is 0 Å². The number of benzene rings is 1. The van der Waals surface area contributed by atoms with E-state index in [0.29, 0.717) is 5.92 Å². The number of halogens is 1. The maximum Gasteiger partial charge on any atom is 0.242 e. The van der Waals surface area contributed by atoms with Gasteiger partial charge in [-0.15, -0.1) is 12.4 Å². The van der Waals surface area contributed by atoms with Gasteiger partial charge in [0.1, 0.15) is 6.04 Å². The Morgan fingerprint density at radius 2 is 1.95 bits per heavy atom. The fourth-order valence-corrected chi connectivity index (χ4v) is 3.22. The first-order valence-corrected chi connectivity index (χ1v) is 7.45. The Bertz CT molecular complexity index is 433. The number of anilines is 1. The van der Waals surface area contributed by atoms with Crippen molar-refractivity contribution >= 4 is 24.0 Å². The Balaban J connectivity index is 0.00000147. The lowest BCUT2D eigenvalue weighted by atomic mass is 9.89. The molecular formula is C16H23ClN2O. The molecule has 1 amide bonds. The largest absolute Gasteiger partial charge is 0.373 e. The lowest BCUT2D eigenvalue weighted by molar-refractivity contribution is -0.121. The molecule has 1 aliphatic carbocycles. The minimum atomic E-state index is -0.0824. The molecule has 3 rings (SSSR count). The van der Waals surface area contributed by atoms with Crippen molar-refractivity contribution in [2.24, 2.45) is 5.92 Å². The molecule has 1 aromatic rings. The molecule has 2 aliphatic rings. The third-order valence-electron chi connectivity index (χ3n) is 4.38. The molecule has 1 atom stereocenters. The minimum absolute atomic E-state index is 0. The van der Waals surface area contributed by atoms with Gasteiger partial charge in [0, 0.05) is 18.7 Å². The van der Waals surface area contributed by atoms with Crippen LogP contribution in [0.25, 0.3) is 0 Å². The molecule has 1 saturated carbocycles. The van der Waals surface area contributed by atoms with E-state index in [0.717, 1.165) is 18.7 Å². The van der Waals surface area contributed by atoms with Crippen LogP contribution in [0.2, 0.25) is 0 Å². The molecule has 2 N–H and O–H groups in total. The summed E-state index contributed by atoms with van der Waals surface area (Å²) in [5, 5.41) is 6.44. The van der Waals surface area contributed by atoms with Crippen LogP contribution in [0, 0.1) is 5.92 Å². The van der Waals surface area contributed by atoms with E-state index in [1.54, 1.807) is 0 Å². The summed E-state index contributed by atoms with van der Waals surface area (Å²) < 4.78 is 0. The quantitative estimate of drug-likeness (QED) is 0.899. The molecule has 3 nitrogen and oxygen atoms in total. The van der Waals surface area contributed by atoms with Crippen LogP contribution in [-0.4, -0.2) is 18.5 Å². The molecule has 0 spiro atoms. The van der Waals surface area contributed by atoms with E-state index in [2.05, 4.69) is 16.7 Å². The topological polar surface area (TPSA) is 41.1 Å². The average Bonchev–Trinajstić information content (AvgIpc) is 2.90. The lowest BCUT2D eigenvalue weighted by Crippen LogP contribution is -2.40. The van der Waals surface area contributed by atoms with Gasteiger partial charge in [-0.25, -0.2) is 0 Å². The Morgan fingerprint density at radius 3 is 2.70 bits per heavy atom. The normalized spacial score (nSPS) is 21.5. The summed E-state index contributed by atoms with van der Waals surface area (Å²) in [6, 6.07) is 8.10. The van der Waals surface area contributed by atoms with Crippen LogP contribution >= 0.6 is 12.4 Å². The van der Waals surface area contributed by atoms with E-state index >= 15 is 0 Å². The van der Waals surface area contributed by atoms with Crippen molar-refractivity contribution in [2.75, 3.05) is 11.9 Å². The van der Waals surface area contributed by atoms with Gasteiger partial charge in [0.25, 0.3) is 0 Å². The van der Waals surface area contributed by atoms with Crippen molar-refractivity contribution in [1.29, 1.82) is 0 Å².